The summed E-state index contributed by atoms with van der Waals surface area (Å²) in [6, 6.07) is -0.496. The number of amides is 1. The minimum atomic E-state index is -1.18. The Kier molecular flexibility index (Phi) is 3.96. The SMILES string of the molecule is NC(CC1CCC1)C(O)C(=O)NCl. The first-order chi connectivity index (χ1) is 6.15. The number of rotatable bonds is 4. The molecular formula is C8H15ClN2O2. The Balaban J connectivity index is 2.27. The van der Waals surface area contributed by atoms with Crippen molar-refractivity contribution >= 4 is 17.7 Å². The van der Waals surface area contributed by atoms with Crippen molar-refractivity contribution in [1.82, 2.24) is 4.84 Å². The predicted molar refractivity (Wildman–Crippen MR) is 49.9 cm³/mol. The summed E-state index contributed by atoms with van der Waals surface area (Å²) in [5.74, 6) is -0.0405. The third kappa shape index (κ3) is 2.83. The zero-order chi connectivity index (χ0) is 9.84. The first-order valence-electron chi connectivity index (χ1n) is 4.49. The number of aliphatic hydroxyl groups excluding tert-OH is 1. The van der Waals surface area contributed by atoms with E-state index in [2.05, 4.69) is 0 Å². The van der Waals surface area contributed by atoms with Crippen LogP contribution in [0.4, 0.5) is 0 Å². The summed E-state index contributed by atoms with van der Waals surface area (Å²) in [7, 11) is 0. The highest BCUT2D eigenvalue weighted by Gasteiger charge is 2.27. The number of hydrogen-bond acceptors (Lipinski definition) is 3. The summed E-state index contributed by atoms with van der Waals surface area (Å²) < 4.78 is 0. The molecule has 1 saturated carbocycles. The lowest BCUT2D eigenvalue weighted by Crippen LogP contribution is -2.45. The van der Waals surface area contributed by atoms with E-state index in [1.807, 2.05) is 4.84 Å². The van der Waals surface area contributed by atoms with Gasteiger partial charge in [0.2, 0.25) is 0 Å². The van der Waals surface area contributed by atoms with Gasteiger partial charge in [-0.1, -0.05) is 19.3 Å². The van der Waals surface area contributed by atoms with E-state index in [4.69, 9.17) is 17.5 Å². The summed E-state index contributed by atoms with van der Waals surface area (Å²) in [4.78, 5) is 12.7. The predicted octanol–water partition coefficient (Wildman–Crippen LogP) is 0.135. The van der Waals surface area contributed by atoms with Crippen LogP contribution in [0.5, 0.6) is 0 Å². The minimum Gasteiger partial charge on any atom is -0.382 e. The number of aliphatic hydroxyl groups is 1. The molecule has 0 aliphatic heterocycles. The third-order valence-electron chi connectivity index (χ3n) is 2.60. The minimum absolute atomic E-state index is 0.496. The van der Waals surface area contributed by atoms with E-state index in [0.29, 0.717) is 12.3 Å². The largest absolute Gasteiger partial charge is 0.382 e. The van der Waals surface area contributed by atoms with Gasteiger partial charge in [0.1, 0.15) is 6.10 Å². The molecule has 0 radical (unpaired) electrons. The van der Waals surface area contributed by atoms with Crippen molar-refractivity contribution < 1.29 is 9.90 Å². The number of halogens is 1. The maximum absolute atomic E-state index is 10.9. The molecule has 5 heteroatoms. The van der Waals surface area contributed by atoms with Crippen LogP contribution in [-0.4, -0.2) is 23.2 Å². The summed E-state index contributed by atoms with van der Waals surface area (Å²) in [6.45, 7) is 0. The van der Waals surface area contributed by atoms with E-state index in [0.717, 1.165) is 12.8 Å². The summed E-state index contributed by atoms with van der Waals surface area (Å²) in [6.07, 6.45) is 3.06. The fourth-order valence-corrected chi connectivity index (χ4v) is 1.60. The van der Waals surface area contributed by atoms with E-state index in [1.165, 1.54) is 6.42 Å². The first kappa shape index (κ1) is 10.8. The Morgan fingerprint density at radius 2 is 2.31 bits per heavy atom. The second-order valence-corrected chi connectivity index (χ2v) is 3.79. The van der Waals surface area contributed by atoms with Crippen molar-refractivity contribution in [1.29, 1.82) is 0 Å². The average molecular weight is 207 g/mol. The molecule has 4 nitrogen and oxygen atoms in total. The number of carbonyl (C=O) groups is 1. The quantitative estimate of drug-likeness (QED) is 0.573. The molecule has 0 spiro atoms. The standard InChI is InChI=1S/C8H15ClN2O2/c9-11-8(13)7(12)6(10)4-5-2-1-3-5/h5-7,12H,1-4,10H2,(H,11,13). The normalized spacial score (nSPS) is 21.8. The Morgan fingerprint density at radius 1 is 1.69 bits per heavy atom. The molecule has 0 heterocycles. The molecular weight excluding hydrogens is 192 g/mol. The van der Waals surface area contributed by atoms with Gasteiger partial charge in [-0.05, 0) is 12.3 Å². The molecule has 0 bridgehead atoms. The second-order valence-electron chi connectivity index (χ2n) is 3.60. The third-order valence-corrected chi connectivity index (χ3v) is 2.78. The summed E-state index contributed by atoms with van der Waals surface area (Å²) in [5, 5.41) is 9.33. The molecule has 0 aromatic carbocycles. The van der Waals surface area contributed by atoms with Gasteiger partial charge in [-0.25, -0.2) is 0 Å². The van der Waals surface area contributed by atoms with Crippen molar-refractivity contribution in [2.45, 2.75) is 37.8 Å². The topological polar surface area (TPSA) is 75.3 Å². The van der Waals surface area contributed by atoms with Crippen LogP contribution in [0.1, 0.15) is 25.7 Å². The van der Waals surface area contributed by atoms with Gasteiger partial charge in [-0.2, -0.15) is 0 Å². The van der Waals surface area contributed by atoms with Gasteiger partial charge in [-0.15, -0.1) is 0 Å². The molecule has 1 amide bonds. The molecule has 0 saturated heterocycles. The highest BCUT2D eigenvalue weighted by molar-refractivity contribution is 6.22. The van der Waals surface area contributed by atoms with Gasteiger partial charge in [0.25, 0.3) is 5.91 Å². The monoisotopic (exact) mass is 206 g/mol. The smallest absolute Gasteiger partial charge is 0.264 e. The van der Waals surface area contributed by atoms with E-state index < -0.39 is 18.1 Å². The molecule has 2 atom stereocenters. The molecule has 1 aliphatic rings. The van der Waals surface area contributed by atoms with Gasteiger partial charge in [0, 0.05) is 17.8 Å². The Morgan fingerprint density at radius 3 is 2.69 bits per heavy atom. The fraction of sp³-hybridized carbons (Fsp3) is 0.875. The molecule has 0 aromatic rings. The van der Waals surface area contributed by atoms with Gasteiger partial charge in [0.15, 0.2) is 0 Å². The number of nitrogens with two attached hydrogens (primary N) is 1. The number of nitrogens with one attached hydrogen (secondary N) is 1. The zero-order valence-corrected chi connectivity index (χ0v) is 8.13. The lowest BCUT2D eigenvalue weighted by atomic mass is 9.80. The molecule has 2 unspecified atom stereocenters. The van der Waals surface area contributed by atoms with Crippen molar-refractivity contribution in [3.63, 3.8) is 0 Å². The lowest BCUT2D eigenvalue weighted by Gasteiger charge is -2.29. The number of carbonyl (C=O) groups excluding carboxylic acids is 1. The highest BCUT2D eigenvalue weighted by Crippen LogP contribution is 2.30. The van der Waals surface area contributed by atoms with Crippen molar-refractivity contribution in [3.8, 4) is 0 Å². The molecule has 0 aromatic heterocycles. The second kappa shape index (κ2) is 4.79. The molecule has 13 heavy (non-hydrogen) atoms. The first-order valence-corrected chi connectivity index (χ1v) is 4.87. The molecule has 76 valence electrons. The van der Waals surface area contributed by atoms with Crippen LogP contribution in [0, 0.1) is 5.92 Å². The van der Waals surface area contributed by atoms with Crippen LogP contribution in [0.25, 0.3) is 0 Å². The Bertz CT molecular complexity index is 185. The van der Waals surface area contributed by atoms with Crippen LogP contribution in [0.3, 0.4) is 0 Å². The highest BCUT2D eigenvalue weighted by atomic mass is 35.5. The van der Waals surface area contributed by atoms with Gasteiger partial charge in [0.05, 0.1) is 0 Å². The Labute approximate surface area is 82.5 Å². The van der Waals surface area contributed by atoms with Crippen LogP contribution in [0.15, 0.2) is 0 Å². The summed E-state index contributed by atoms with van der Waals surface area (Å²) in [5.41, 5.74) is 5.63. The Hall–Kier alpha value is -0.320. The van der Waals surface area contributed by atoms with Crippen molar-refractivity contribution in [2.24, 2.45) is 11.7 Å². The zero-order valence-electron chi connectivity index (χ0n) is 7.37. The van der Waals surface area contributed by atoms with Crippen LogP contribution >= 0.6 is 11.8 Å². The van der Waals surface area contributed by atoms with Gasteiger partial charge < -0.3 is 10.8 Å². The van der Waals surface area contributed by atoms with Crippen molar-refractivity contribution in [3.05, 3.63) is 0 Å². The number of hydrogen-bond donors (Lipinski definition) is 3. The van der Waals surface area contributed by atoms with Crippen molar-refractivity contribution in [2.75, 3.05) is 0 Å². The molecule has 1 rings (SSSR count). The molecule has 4 N–H and O–H groups in total. The van der Waals surface area contributed by atoms with Gasteiger partial charge >= 0.3 is 0 Å². The van der Waals surface area contributed by atoms with Crippen LogP contribution in [0.2, 0.25) is 0 Å². The maximum atomic E-state index is 10.9. The fourth-order valence-electron chi connectivity index (χ4n) is 1.49. The molecule has 1 fully saturated rings. The van der Waals surface area contributed by atoms with E-state index >= 15 is 0 Å². The van der Waals surface area contributed by atoms with Crippen LogP contribution in [-0.2, 0) is 4.79 Å². The van der Waals surface area contributed by atoms with E-state index in [-0.39, 0.29) is 0 Å². The summed E-state index contributed by atoms with van der Waals surface area (Å²) >= 11 is 5.06. The lowest BCUT2D eigenvalue weighted by molar-refractivity contribution is -0.128. The average Bonchev–Trinajstić information content (AvgIpc) is 2.08. The van der Waals surface area contributed by atoms with Crippen LogP contribution < -0.4 is 10.6 Å². The maximum Gasteiger partial charge on any atom is 0.264 e. The van der Waals surface area contributed by atoms with E-state index in [9.17, 15) is 9.90 Å². The van der Waals surface area contributed by atoms with Gasteiger partial charge in [-0.3, -0.25) is 9.63 Å². The van der Waals surface area contributed by atoms with E-state index in [1.54, 1.807) is 0 Å². The molecule has 1 aliphatic carbocycles.